The third-order valence-electron chi connectivity index (χ3n) is 1.49. The molecule has 0 heterocycles. The molecular formula is C9H17F2NO. The molecule has 2 N–H and O–H groups in total. The Bertz CT molecular complexity index is 151. The van der Waals surface area contributed by atoms with Gasteiger partial charge in [0.15, 0.2) is 0 Å². The van der Waals surface area contributed by atoms with Crippen molar-refractivity contribution in [2.75, 3.05) is 13.2 Å². The molecule has 0 bridgehead atoms. The first-order chi connectivity index (χ1) is 6.02. The average Bonchev–Trinajstić information content (AvgIpc) is 1.96. The lowest BCUT2D eigenvalue weighted by molar-refractivity contribution is 0.0153. The van der Waals surface area contributed by atoms with Gasteiger partial charge in [0.1, 0.15) is 6.61 Å². The minimum Gasteiger partial charge on any atom is -0.375 e. The average molecular weight is 193 g/mol. The van der Waals surface area contributed by atoms with Gasteiger partial charge < -0.3 is 10.5 Å². The van der Waals surface area contributed by atoms with E-state index in [2.05, 4.69) is 11.3 Å². The first-order valence-electron chi connectivity index (χ1n) is 4.28. The Hall–Kier alpha value is -0.480. The second-order valence-electron chi connectivity index (χ2n) is 3.18. The molecule has 0 aliphatic heterocycles. The van der Waals surface area contributed by atoms with Crippen LogP contribution in [0, 0.1) is 0 Å². The molecule has 4 heteroatoms. The van der Waals surface area contributed by atoms with E-state index in [-0.39, 0.29) is 6.04 Å². The van der Waals surface area contributed by atoms with Crippen LogP contribution in [0.15, 0.2) is 12.2 Å². The number of halogens is 2. The zero-order valence-corrected chi connectivity index (χ0v) is 7.93. The van der Waals surface area contributed by atoms with Crippen molar-refractivity contribution in [1.29, 1.82) is 0 Å². The topological polar surface area (TPSA) is 35.2 Å². The second kappa shape index (κ2) is 6.97. The highest BCUT2D eigenvalue weighted by Crippen LogP contribution is 2.03. The van der Waals surface area contributed by atoms with Crippen LogP contribution >= 0.6 is 0 Å². The molecule has 78 valence electrons. The van der Waals surface area contributed by atoms with Crippen LogP contribution in [0.2, 0.25) is 0 Å². The Morgan fingerprint density at radius 1 is 1.54 bits per heavy atom. The molecule has 2 nitrogen and oxygen atoms in total. The summed E-state index contributed by atoms with van der Waals surface area (Å²) in [6.07, 6.45) is -1.07. The summed E-state index contributed by atoms with van der Waals surface area (Å²) in [5.41, 5.74) is 6.66. The lowest BCUT2D eigenvalue weighted by Crippen LogP contribution is -2.22. The first kappa shape index (κ1) is 12.5. The quantitative estimate of drug-likeness (QED) is 0.495. The molecule has 0 saturated carbocycles. The molecule has 0 rings (SSSR count). The van der Waals surface area contributed by atoms with Crippen molar-refractivity contribution in [2.45, 2.75) is 32.2 Å². The van der Waals surface area contributed by atoms with Gasteiger partial charge in [-0.25, -0.2) is 8.78 Å². The van der Waals surface area contributed by atoms with Crippen LogP contribution in [0.25, 0.3) is 0 Å². The summed E-state index contributed by atoms with van der Waals surface area (Å²) in [7, 11) is 0. The van der Waals surface area contributed by atoms with Crippen molar-refractivity contribution in [2.24, 2.45) is 5.73 Å². The van der Waals surface area contributed by atoms with E-state index in [1.807, 2.05) is 6.92 Å². The highest BCUT2D eigenvalue weighted by Gasteiger charge is 2.05. The Balaban J connectivity index is 3.26. The van der Waals surface area contributed by atoms with Crippen molar-refractivity contribution in [1.82, 2.24) is 0 Å². The summed E-state index contributed by atoms with van der Waals surface area (Å²) in [4.78, 5) is 0. The molecule has 13 heavy (non-hydrogen) atoms. The standard InChI is InChI=1S/C9H17F2NO/c1-7(2)5-8(12)3-4-13-6-9(10)11/h8-9H,1,3-6,12H2,2H3. The summed E-state index contributed by atoms with van der Waals surface area (Å²) >= 11 is 0. The molecule has 0 saturated heterocycles. The van der Waals surface area contributed by atoms with E-state index in [0.29, 0.717) is 13.0 Å². The summed E-state index contributed by atoms with van der Waals surface area (Å²) in [6.45, 7) is 5.39. The first-order valence-corrected chi connectivity index (χ1v) is 4.28. The molecule has 0 radical (unpaired) electrons. The van der Waals surface area contributed by atoms with Gasteiger partial charge in [-0.3, -0.25) is 0 Å². The fourth-order valence-electron chi connectivity index (χ4n) is 0.957. The van der Waals surface area contributed by atoms with E-state index < -0.39 is 13.0 Å². The third kappa shape index (κ3) is 9.43. The van der Waals surface area contributed by atoms with Gasteiger partial charge in [0, 0.05) is 12.6 Å². The molecule has 0 aliphatic carbocycles. The number of rotatable bonds is 7. The van der Waals surface area contributed by atoms with Crippen LogP contribution in [0.3, 0.4) is 0 Å². The van der Waals surface area contributed by atoms with Crippen LogP contribution in [-0.2, 0) is 4.74 Å². The van der Waals surface area contributed by atoms with E-state index in [1.165, 1.54) is 0 Å². The van der Waals surface area contributed by atoms with Gasteiger partial charge in [0.05, 0.1) is 0 Å². The Labute approximate surface area is 77.8 Å². The number of nitrogens with two attached hydrogens (primary N) is 1. The highest BCUT2D eigenvalue weighted by atomic mass is 19.3. The van der Waals surface area contributed by atoms with E-state index in [4.69, 9.17) is 5.73 Å². The third-order valence-corrected chi connectivity index (χ3v) is 1.49. The van der Waals surface area contributed by atoms with Crippen molar-refractivity contribution in [3.63, 3.8) is 0 Å². The van der Waals surface area contributed by atoms with Crippen LogP contribution in [0.4, 0.5) is 8.78 Å². The smallest absolute Gasteiger partial charge is 0.261 e. The summed E-state index contributed by atoms with van der Waals surface area (Å²) in [6, 6.07) is -0.0322. The van der Waals surface area contributed by atoms with E-state index in [9.17, 15) is 8.78 Å². The lowest BCUT2D eigenvalue weighted by Gasteiger charge is -2.11. The summed E-state index contributed by atoms with van der Waals surface area (Å²) < 4.78 is 27.9. The molecule has 1 unspecified atom stereocenters. The molecule has 0 aromatic heterocycles. The minimum atomic E-state index is -2.39. The van der Waals surface area contributed by atoms with Crippen LogP contribution in [0.1, 0.15) is 19.8 Å². The Morgan fingerprint density at radius 3 is 2.62 bits per heavy atom. The maximum Gasteiger partial charge on any atom is 0.261 e. The van der Waals surface area contributed by atoms with Crippen molar-refractivity contribution in [3.05, 3.63) is 12.2 Å². The number of ether oxygens (including phenoxy) is 1. The number of alkyl halides is 2. The van der Waals surface area contributed by atoms with E-state index >= 15 is 0 Å². The Morgan fingerprint density at radius 2 is 2.15 bits per heavy atom. The number of hydrogen-bond acceptors (Lipinski definition) is 2. The molecule has 0 spiro atoms. The van der Waals surface area contributed by atoms with Gasteiger partial charge in [-0.15, -0.1) is 6.58 Å². The molecule has 1 atom stereocenters. The zero-order valence-electron chi connectivity index (χ0n) is 7.93. The minimum absolute atomic E-state index is 0.0322. The summed E-state index contributed by atoms with van der Waals surface area (Å²) in [5, 5.41) is 0. The molecular weight excluding hydrogens is 176 g/mol. The molecule has 0 aromatic rings. The normalized spacial score (nSPS) is 13.3. The number of hydrogen-bond donors (Lipinski definition) is 1. The molecule has 0 fully saturated rings. The molecule has 0 aromatic carbocycles. The van der Waals surface area contributed by atoms with Crippen molar-refractivity contribution in [3.8, 4) is 0 Å². The monoisotopic (exact) mass is 193 g/mol. The van der Waals surface area contributed by atoms with Crippen molar-refractivity contribution >= 4 is 0 Å². The van der Waals surface area contributed by atoms with Crippen molar-refractivity contribution < 1.29 is 13.5 Å². The SMILES string of the molecule is C=C(C)CC(N)CCOCC(F)F. The van der Waals surface area contributed by atoms with Gasteiger partial charge in [0.2, 0.25) is 0 Å². The molecule has 0 aliphatic rings. The van der Waals surface area contributed by atoms with Crippen LogP contribution in [0.5, 0.6) is 0 Å². The lowest BCUT2D eigenvalue weighted by atomic mass is 10.1. The maximum absolute atomic E-state index is 11.6. The second-order valence-corrected chi connectivity index (χ2v) is 3.18. The predicted molar refractivity (Wildman–Crippen MR) is 48.8 cm³/mol. The fraction of sp³-hybridized carbons (Fsp3) is 0.778. The Kier molecular flexibility index (Phi) is 6.72. The van der Waals surface area contributed by atoms with Crippen LogP contribution in [-0.4, -0.2) is 25.7 Å². The molecule has 0 amide bonds. The van der Waals surface area contributed by atoms with Gasteiger partial charge >= 0.3 is 0 Å². The van der Waals surface area contributed by atoms with Gasteiger partial charge in [-0.2, -0.15) is 0 Å². The highest BCUT2D eigenvalue weighted by molar-refractivity contribution is 4.91. The summed E-state index contributed by atoms with van der Waals surface area (Å²) in [5.74, 6) is 0. The van der Waals surface area contributed by atoms with Crippen LogP contribution < -0.4 is 5.73 Å². The fourth-order valence-corrected chi connectivity index (χ4v) is 0.957. The van der Waals surface area contributed by atoms with Gasteiger partial charge in [0.25, 0.3) is 6.43 Å². The van der Waals surface area contributed by atoms with E-state index in [1.54, 1.807) is 0 Å². The maximum atomic E-state index is 11.6. The zero-order chi connectivity index (χ0) is 10.3. The largest absolute Gasteiger partial charge is 0.375 e. The van der Waals surface area contributed by atoms with Gasteiger partial charge in [-0.05, 0) is 19.8 Å². The van der Waals surface area contributed by atoms with Gasteiger partial charge in [-0.1, -0.05) is 5.57 Å². The predicted octanol–water partition coefficient (Wildman–Crippen LogP) is 1.95. The van der Waals surface area contributed by atoms with E-state index in [0.717, 1.165) is 12.0 Å².